The number of aryl methyl sites for hydroxylation is 1. The van der Waals surface area contributed by atoms with Gasteiger partial charge in [-0.15, -0.1) is 0 Å². The number of H-pyrrole nitrogens is 1. The van der Waals surface area contributed by atoms with Crippen LogP contribution in [0, 0.1) is 0 Å². The fourth-order valence-corrected chi connectivity index (χ4v) is 3.51. The highest BCUT2D eigenvalue weighted by Crippen LogP contribution is 2.24. The summed E-state index contributed by atoms with van der Waals surface area (Å²) in [4.78, 5) is 18.9. The predicted molar refractivity (Wildman–Crippen MR) is 87.3 cm³/mol. The largest absolute Gasteiger partial charge is 0.364 e. The Hall–Kier alpha value is -2.37. The Labute approximate surface area is 135 Å². The van der Waals surface area contributed by atoms with E-state index in [1.54, 1.807) is 6.20 Å². The Kier molecular flexibility index (Phi) is 3.73. The molecular formula is C17H21N5O. The highest BCUT2D eigenvalue weighted by molar-refractivity contribution is 5.98. The van der Waals surface area contributed by atoms with Crippen LogP contribution in [-0.2, 0) is 19.4 Å². The van der Waals surface area contributed by atoms with Crippen LogP contribution in [0.2, 0.25) is 0 Å². The molecule has 0 spiro atoms. The number of aromatic amines is 1. The minimum atomic E-state index is 0.0744. The zero-order valence-electron chi connectivity index (χ0n) is 13.1. The first kappa shape index (κ1) is 14.2. The van der Waals surface area contributed by atoms with Crippen molar-refractivity contribution in [3.63, 3.8) is 0 Å². The molecule has 1 saturated heterocycles. The highest BCUT2D eigenvalue weighted by Gasteiger charge is 2.23. The van der Waals surface area contributed by atoms with Crippen molar-refractivity contribution in [3.05, 3.63) is 40.8 Å². The number of nitrogens with zero attached hydrogens (tertiary/aromatic N) is 3. The molecule has 0 unspecified atom stereocenters. The van der Waals surface area contributed by atoms with Gasteiger partial charge in [-0.05, 0) is 49.8 Å². The van der Waals surface area contributed by atoms with Gasteiger partial charge in [0, 0.05) is 25.0 Å². The van der Waals surface area contributed by atoms with E-state index in [2.05, 4.69) is 20.5 Å². The number of nitrogens with one attached hydrogen (secondary N) is 2. The van der Waals surface area contributed by atoms with Crippen LogP contribution >= 0.6 is 0 Å². The minimum absolute atomic E-state index is 0.0744. The maximum Gasteiger partial charge on any atom is 0.257 e. The number of amides is 1. The Morgan fingerprint density at radius 3 is 3.00 bits per heavy atom. The van der Waals surface area contributed by atoms with Gasteiger partial charge in [0.25, 0.3) is 5.91 Å². The Bertz CT molecular complexity index is 718. The summed E-state index contributed by atoms with van der Waals surface area (Å²) in [6, 6.07) is 3.67. The molecule has 0 aromatic carbocycles. The normalized spacial score (nSPS) is 16.6. The molecule has 23 heavy (non-hydrogen) atoms. The lowest BCUT2D eigenvalue weighted by molar-refractivity contribution is 0.0793. The number of fused-ring (bicyclic) bond motifs is 1. The van der Waals surface area contributed by atoms with Crippen molar-refractivity contribution in [3.8, 4) is 0 Å². The number of hydrogen-bond donors (Lipinski definition) is 2. The molecule has 0 bridgehead atoms. The van der Waals surface area contributed by atoms with Gasteiger partial charge in [-0.2, -0.15) is 5.10 Å². The van der Waals surface area contributed by atoms with E-state index in [1.807, 2.05) is 17.0 Å². The average Bonchev–Trinajstić information content (AvgIpc) is 3.30. The van der Waals surface area contributed by atoms with Crippen LogP contribution in [0.15, 0.2) is 18.3 Å². The number of aromatic nitrogens is 3. The van der Waals surface area contributed by atoms with Crippen molar-refractivity contribution < 1.29 is 4.79 Å². The Morgan fingerprint density at radius 1 is 1.26 bits per heavy atom. The molecule has 0 radical (unpaired) electrons. The molecular weight excluding hydrogens is 290 g/mol. The third-order valence-electron chi connectivity index (χ3n) is 4.75. The summed E-state index contributed by atoms with van der Waals surface area (Å²) in [6.45, 7) is 2.29. The summed E-state index contributed by atoms with van der Waals surface area (Å²) in [5.41, 5.74) is 4.29. The van der Waals surface area contributed by atoms with E-state index in [-0.39, 0.29) is 5.91 Å². The summed E-state index contributed by atoms with van der Waals surface area (Å²) in [6.07, 6.45) is 7.27. The monoisotopic (exact) mass is 311 g/mol. The SMILES string of the molecule is O=C(c1cccnc1NCc1n[nH]c2c1CCC2)N1CCCC1. The third-order valence-corrected chi connectivity index (χ3v) is 4.75. The summed E-state index contributed by atoms with van der Waals surface area (Å²) >= 11 is 0. The molecule has 1 amide bonds. The summed E-state index contributed by atoms with van der Waals surface area (Å²) in [5.74, 6) is 0.726. The molecule has 2 aromatic rings. The molecule has 2 aliphatic rings. The first-order chi connectivity index (χ1) is 11.3. The van der Waals surface area contributed by atoms with E-state index in [0.29, 0.717) is 17.9 Å². The van der Waals surface area contributed by atoms with E-state index in [9.17, 15) is 4.79 Å². The van der Waals surface area contributed by atoms with Crippen LogP contribution in [0.1, 0.15) is 46.6 Å². The van der Waals surface area contributed by atoms with Gasteiger partial charge < -0.3 is 10.2 Å². The Balaban J connectivity index is 1.51. The van der Waals surface area contributed by atoms with E-state index in [1.165, 1.54) is 17.7 Å². The maximum atomic E-state index is 12.6. The number of hydrogen-bond acceptors (Lipinski definition) is 4. The second-order valence-electron chi connectivity index (χ2n) is 6.23. The van der Waals surface area contributed by atoms with Crippen LogP contribution in [0.4, 0.5) is 5.82 Å². The van der Waals surface area contributed by atoms with Crippen molar-refractivity contribution >= 4 is 11.7 Å². The van der Waals surface area contributed by atoms with Gasteiger partial charge in [0.05, 0.1) is 17.8 Å². The topological polar surface area (TPSA) is 73.9 Å². The molecule has 0 saturated carbocycles. The molecule has 4 rings (SSSR count). The minimum Gasteiger partial charge on any atom is -0.364 e. The van der Waals surface area contributed by atoms with Gasteiger partial charge in [0.1, 0.15) is 5.82 Å². The van der Waals surface area contributed by atoms with Gasteiger partial charge >= 0.3 is 0 Å². The van der Waals surface area contributed by atoms with Gasteiger partial charge in [0.15, 0.2) is 0 Å². The number of anilines is 1. The molecule has 3 heterocycles. The molecule has 120 valence electrons. The predicted octanol–water partition coefficient (Wildman–Crippen LogP) is 2.14. The lowest BCUT2D eigenvalue weighted by Gasteiger charge is -2.17. The molecule has 1 aliphatic carbocycles. The van der Waals surface area contributed by atoms with Crippen molar-refractivity contribution in [1.82, 2.24) is 20.1 Å². The van der Waals surface area contributed by atoms with E-state index < -0.39 is 0 Å². The zero-order chi connectivity index (χ0) is 15.6. The van der Waals surface area contributed by atoms with Gasteiger partial charge in [0.2, 0.25) is 0 Å². The first-order valence-corrected chi connectivity index (χ1v) is 8.36. The van der Waals surface area contributed by atoms with Crippen molar-refractivity contribution in [2.24, 2.45) is 0 Å². The smallest absolute Gasteiger partial charge is 0.257 e. The molecule has 6 heteroatoms. The molecule has 1 aliphatic heterocycles. The van der Waals surface area contributed by atoms with Gasteiger partial charge in [-0.3, -0.25) is 9.89 Å². The summed E-state index contributed by atoms with van der Waals surface area (Å²) in [7, 11) is 0. The standard InChI is InChI=1S/C17H21N5O/c23-17(22-9-1-2-10-22)13-6-4-8-18-16(13)19-11-15-12-5-3-7-14(12)20-21-15/h4,6,8H,1-3,5,7,9-11H2,(H,18,19)(H,20,21). The molecule has 2 N–H and O–H groups in total. The third kappa shape index (κ3) is 2.69. The molecule has 1 fully saturated rings. The van der Waals surface area contributed by atoms with Crippen LogP contribution in [0.3, 0.4) is 0 Å². The lowest BCUT2D eigenvalue weighted by Crippen LogP contribution is -2.28. The number of likely N-dealkylation sites (tertiary alicyclic amines) is 1. The van der Waals surface area contributed by atoms with Crippen molar-refractivity contribution in [1.29, 1.82) is 0 Å². The second kappa shape index (κ2) is 6.02. The number of pyridine rings is 1. The maximum absolute atomic E-state index is 12.6. The van der Waals surface area contributed by atoms with Crippen LogP contribution < -0.4 is 5.32 Å². The number of carbonyl (C=O) groups excluding carboxylic acids is 1. The first-order valence-electron chi connectivity index (χ1n) is 8.36. The molecule has 0 atom stereocenters. The fourth-order valence-electron chi connectivity index (χ4n) is 3.51. The van der Waals surface area contributed by atoms with E-state index >= 15 is 0 Å². The van der Waals surface area contributed by atoms with Crippen LogP contribution in [0.25, 0.3) is 0 Å². The van der Waals surface area contributed by atoms with Crippen molar-refractivity contribution in [2.75, 3.05) is 18.4 Å². The molecule has 2 aromatic heterocycles. The quantitative estimate of drug-likeness (QED) is 0.907. The zero-order valence-corrected chi connectivity index (χ0v) is 13.1. The average molecular weight is 311 g/mol. The highest BCUT2D eigenvalue weighted by atomic mass is 16.2. The fraction of sp³-hybridized carbons (Fsp3) is 0.471. The number of carbonyl (C=O) groups is 1. The summed E-state index contributed by atoms with van der Waals surface area (Å²) < 4.78 is 0. The van der Waals surface area contributed by atoms with Crippen molar-refractivity contribution in [2.45, 2.75) is 38.6 Å². The van der Waals surface area contributed by atoms with E-state index in [0.717, 1.165) is 44.5 Å². The van der Waals surface area contributed by atoms with E-state index in [4.69, 9.17) is 0 Å². The number of rotatable bonds is 4. The van der Waals surface area contributed by atoms with Crippen LogP contribution in [0.5, 0.6) is 0 Å². The summed E-state index contributed by atoms with van der Waals surface area (Å²) in [5, 5.41) is 10.8. The van der Waals surface area contributed by atoms with Gasteiger partial charge in [-0.1, -0.05) is 0 Å². The second-order valence-corrected chi connectivity index (χ2v) is 6.23. The van der Waals surface area contributed by atoms with Gasteiger partial charge in [-0.25, -0.2) is 4.98 Å². The Morgan fingerprint density at radius 2 is 2.13 bits per heavy atom. The lowest BCUT2D eigenvalue weighted by atomic mass is 10.2. The molecule has 6 nitrogen and oxygen atoms in total. The van der Waals surface area contributed by atoms with Crippen LogP contribution in [-0.4, -0.2) is 39.1 Å².